The van der Waals surface area contributed by atoms with Crippen molar-refractivity contribution in [2.75, 3.05) is 0 Å². The Bertz CT molecular complexity index is 212. The molecular weight excluding hydrogens is 168 g/mol. The molecule has 1 saturated heterocycles. The van der Waals surface area contributed by atoms with E-state index in [1.54, 1.807) is 6.92 Å². The Morgan fingerprint density at radius 1 is 1.54 bits per heavy atom. The molecule has 0 aromatic heterocycles. The molecule has 0 aliphatic carbocycles. The highest BCUT2D eigenvalue weighted by molar-refractivity contribution is 5.73. The summed E-state index contributed by atoms with van der Waals surface area (Å²) in [5, 5.41) is 0. The molecule has 0 spiro atoms. The van der Waals surface area contributed by atoms with Crippen LogP contribution in [0.5, 0.6) is 0 Å². The van der Waals surface area contributed by atoms with Crippen LogP contribution < -0.4 is 0 Å². The second kappa shape index (κ2) is 3.90. The van der Waals surface area contributed by atoms with E-state index in [1.807, 2.05) is 13.8 Å². The summed E-state index contributed by atoms with van der Waals surface area (Å²) in [6, 6.07) is 0. The van der Waals surface area contributed by atoms with Crippen molar-refractivity contribution in [1.29, 1.82) is 0 Å². The van der Waals surface area contributed by atoms with Gasteiger partial charge in [0.25, 0.3) is 0 Å². The quantitative estimate of drug-likeness (QED) is 0.481. The number of carbonyl (C=O) groups is 2. The number of rotatable bonds is 2. The van der Waals surface area contributed by atoms with E-state index in [0.717, 1.165) is 12.7 Å². The van der Waals surface area contributed by atoms with Gasteiger partial charge >= 0.3 is 5.97 Å². The van der Waals surface area contributed by atoms with Crippen LogP contribution in [0.4, 0.5) is 0 Å². The number of hydrogen-bond donors (Lipinski definition) is 0. The largest absolute Gasteiger partial charge is 0.461 e. The summed E-state index contributed by atoms with van der Waals surface area (Å²) in [5.41, 5.74) is 0. The maximum Gasteiger partial charge on any atom is 0.308 e. The van der Waals surface area contributed by atoms with Crippen LogP contribution in [0.1, 0.15) is 27.2 Å². The molecule has 1 aliphatic heterocycles. The van der Waals surface area contributed by atoms with E-state index in [4.69, 9.17) is 4.74 Å². The van der Waals surface area contributed by atoms with E-state index in [2.05, 4.69) is 0 Å². The smallest absolute Gasteiger partial charge is 0.308 e. The minimum atomic E-state index is -0.221. The first-order valence-electron chi connectivity index (χ1n) is 4.72. The third-order valence-corrected chi connectivity index (χ3v) is 2.67. The lowest BCUT2D eigenvalue weighted by Crippen LogP contribution is -2.40. The van der Waals surface area contributed by atoms with E-state index in [0.29, 0.717) is 0 Å². The summed E-state index contributed by atoms with van der Waals surface area (Å²) < 4.78 is 5.19. The van der Waals surface area contributed by atoms with Gasteiger partial charge in [-0.3, -0.25) is 4.79 Å². The van der Waals surface area contributed by atoms with Crippen molar-refractivity contribution in [3.05, 3.63) is 0 Å². The van der Waals surface area contributed by atoms with Gasteiger partial charge in [0.1, 0.15) is 12.4 Å². The lowest BCUT2D eigenvalue weighted by Gasteiger charge is -2.33. The Morgan fingerprint density at radius 2 is 2.15 bits per heavy atom. The van der Waals surface area contributed by atoms with Crippen LogP contribution in [0.15, 0.2) is 0 Å². The molecule has 1 aliphatic rings. The van der Waals surface area contributed by atoms with Gasteiger partial charge in [0.2, 0.25) is 0 Å². The minimum absolute atomic E-state index is 0.0231. The van der Waals surface area contributed by atoms with Crippen molar-refractivity contribution >= 4 is 12.3 Å². The summed E-state index contributed by atoms with van der Waals surface area (Å²) in [4.78, 5) is 21.8. The van der Waals surface area contributed by atoms with Gasteiger partial charge < -0.3 is 9.53 Å². The monoisotopic (exact) mass is 184 g/mol. The van der Waals surface area contributed by atoms with Crippen LogP contribution in [0, 0.1) is 17.8 Å². The standard InChI is InChI=1S/C10H16O3/c1-6-4-7(2)10(12)13-9(6)8(3)5-11/h5-9H,4H2,1-3H3. The number of esters is 1. The number of aldehydes is 1. The molecule has 74 valence electrons. The molecule has 1 heterocycles. The minimum Gasteiger partial charge on any atom is -0.461 e. The summed E-state index contributed by atoms with van der Waals surface area (Å²) in [7, 11) is 0. The highest BCUT2D eigenvalue weighted by Gasteiger charge is 2.35. The summed E-state index contributed by atoms with van der Waals surface area (Å²) in [6.45, 7) is 5.67. The Labute approximate surface area is 78.5 Å². The van der Waals surface area contributed by atoms with Crippen molar-refractivity contribution in [1.82, 2.24) is 0 Å². The summed E-state index contributed by atoms with van der Waals surface area (Å²) in [6.07, 6.45) is 1.45. The molecule has 1 fully saturated rings. The number of cyclic esters (lactones) is 1. The first kappa shape index (κ1) is 10.2. The fourth-order valence-electron chi connectivity index (χ4n) is 1.86. The van der Waals surface area contributed by atoms with Gasteiger partial charge in [0, 0.05) is 5.92 Å². The zero-order chi connectivity index (χ0) is 10.0. The predicted molar refractivity (Wildman–Crippen MR) is 48.1 cm³/mol. The molecule has 3 heteroatoms. The molecule has 0 saturated carbocycles. The number of hydrogen-bond acceptors (Lipinski definition) is 3. The molecule has 4 atom stereocenters. The van der Waals surface area contributed by atoms with E-state index in [1.165, 1.54) is 0 Å². The van der Waals surface area contributed by atoms with E-state index >= 15 is 0 Å². The zero-order valence-corrected chi connectivity index (χ0v) is 8.32. The molecule has 0 aromatic carbocycles. The second-order valence-corrected chi connectivity index (χ2v) is 4.01. The third-order valence-electron chi connectivity index (χ3n) is 2.67. The molecule has 13 heavy (non-hydrogen) atoms. The fraction of sp³-hybridized carbons (Fsp3) is 0.800. The van der Waals surface area contributed by atoms with Crippen LogP contribution in [-0.2, 0) is 14.3 Å². The molecule has 3 nitrogen and oxygen atoms in total. The van der Waals surface area contributed by atoms with Crippen LogP contribution in [0.2, 0.25) is 0 Å². The third kappa shape index (κ3) is 2.08. The normalized spacial score (nSPS) is 36.5. The maximum absolute atomic E-state index is 11.2. The van der Waals surface area contributed by atoms with Crippen LogP contribution in [0.3, 0.4) is 0 Å². The molecule has 4 unspecified atom stereocenters. The molecular formula is C10H16O3. The van der Waals surface area contributed by atoms with Crippen molar-refractivity contribution in [3.63, 3.8) is 0 Å². The fourth-order valence-corrected chi connectivity index (χ4v) is 1.86. The maximum atomic E-state index is 11.2. The van der Waals surface area contributed by atoms with Crippen molar-refractivity contribution in [3.8, 4) is 0 Å². The van der Waals surface area contributed by atoms with Gasteiger partial charge in [0.05, 0.1) is 5.92 Å². The van der Waals surface area contributed by atoms with Crippen molar-refractivity contribution < 1.29 is 14.3 Å². The van der Waals surface area contributed by atoms with Crippen LogP contribution in [0.25, 0.3) is 0 Å². The van der Waals surface area contributed by atoms with E-state index in [9.17, 15) is 9.59 Å². The predicted octanol–water partition coefficient (Wildman–Crippen LogP) is 1.41. The molecule has 0 N–H and O–H groups in total. The van der Waals surface area contributed by atoms with Gasteiger partial charge in [-0.2, -0.15) is 0 Å². The van der Waals surface area contributed by atoms with Gasteiger partial charge in [0.15, 0.2) is 0 Å². The summed E-state index contributed by atoms with van der Waals surface area (Å²) in [5.74, 6) is -0.0961. The first-order valence-corrected chi connectivity index (χ1v) is 4.72. The average molecular weight is 184 g/mol. The van der Waals surface area contributed by atoms with Gasteiger partial charge in [-0.25, -0.2) is 0 Å². The van der Waals surface area contributed by atoms with Gasteiger partial charge in [-0.1, -0.05) is 20.8 Å². The highest BCUT2D eigenvalue weighted by Crippen LogP contribution is 2.29. The molecule has 0 amide bonds. The first-order chi connectivity index (χ1) is 6.06. The van der Waals surface area contributed by atoms with Crippen LogP contribution >= 0.6 is 0 Å². The highest BCUT2D eigenvalue weighted by atomic mass is 16.5. The lowest BCUT2D eigenvalue weighted by atomic mass is 9.84. The topological polar surface area (TPSA) is 43.4 Å². The van der Waals surface area contributed by atoms with Crippen molar-refractivity contribution in [2.24, 2.45) is 17.8 Å². The Kier molecular flexibility index (Phi) is 3.07. The lowest BCUT2D eigenvalue weighted by molar-refractivity contribution is -0.168. The SMILES string of the molecule is CC1CC(C)C(C(C)C=O)OC1=O. The van der Waals surface area contributed by atoms with E-state index in [-0.39, 0.29) is 29.8 Å². The molecule has 1 rings (SSSR count). The van der Waals surface area contributed by atoms with Crippen LogP contribution in [-0.4, -0.2) is 18.4 Å². The Balaban J connectivity index is 2.66. The number of ether oxygens (including phenoxy) is 1. The van der Waals surface area contributed by atoms with Gasteiger partial charge in [-0.15, -0.1) is 0 Å². The average Bonchev–Trinajstić information content (AvgIpc) is 2.10. The second-order valence-electron chi connectivity index (χ2n) is 4.01. The Hall–Kier alpha value is -0.860. The number of carbonyl (C=O) groups excluding carboxylic acids is 2. The molecule has 0 radical (unpaired) electrons. The molecule has 0 bridgehead atoms. The van der Waals surface area contributed by atoms with Gasteiger partial charge in [-0.05, 0) is 12.3 Å². The zero-order valence-electron chi connectivity index (χ0n) is 8.32. The Morgan fingerprint density at radius 3 is 2.69 bits per heavy atom. The molecule has 0 aromatic rings. The van der Waals surface area contributed by atoms with E-state index < -0.39 is 0 Å². The van der Waals surface area contributed by atoms with Crippen molar-refractivity contribution in [2.45, 2.75) is 33.3 Å². The summed E-state index contributed by atoms with van der Waals surface area (Å²) >= 11 is 0.